The summed E-state index contributed by atoms with van der Waals surface area (Å²) in [4.78, 5) is 0. The fourth-order valence-electron chi connectivity index (χ4n) is 2.11. The highest BCUT2D eigenvalue weighted by Crippen LogP contribution is 2.29. The largest absolute Gasteiger partial charge is 0.491 e. The van der Waals surface area contributed by atoms with Crippen molar-refractivity contribution in [1.82, 2.24) is 0 Å². The molecule has 1 atom stereocenters. The summed E-state index contributed by atoms with van der Waals surface area (Å²) in [5.74, 6) is 0.857. The molecule has 2 rings (SSSR count). The van der Waals surface area contributed by atoms with Crippen molar-refractivity contribution in [3.63, 3.8) is 0 Å². The summed E-state index contributed by atoms with van der Waals surface area (Å²) < 4.78 is 5.65. The van der Waals surface area contributed by atoms with Gasteiger partial charge in [-0.05, 0) is 56.2 Å². The number of benzene rings is 2. The highest BCUT2D eigenvalue weighted by molar-refractivity contribution is 6.30. The quantitative estimate of drug-likeness (QED) is 0.908. The molecule has 106 valence electrons. The number of nitrogens with two attached hydrogens (primary N) is 1. The van der Waals surface area contributed by atoms with Gasteiger partial charge in [0.1, 0.15) is 5.75 Å². The van der Waals surface area contributed by atoms with Gasteiger partial charge < -0.3 is 10.5 Å². The van der Waals surface area contributed by atoms with E-state index in [4.69, 9.17) is 22.1 Å². The van der Waals surface area contributed by atoms with Crippen molar-refractivity contribution < 1.29 is 4.74 Å². The molecule has 2 aromatic rings. The van der Waals surface area contributed by atoms with E-state index in [0.717, 1.165) is 16.9 Å². The van der Waals surface area contributed by atoms with Crippen molar-refractivity contribution in [2.75, 3.05) is 0 Å². The molecule has 0 aliphatic heterocycles. The second-order valence-electron chi connectivity index (χ2n) is 5.40. The number of hydrogen-bond acceptors (Lipinski definition) is 2. The molecule has 0 fully saturated rings. The van der Waals surface area contributed by atoms with Gasteiger partial charge in [0, 0.05) is 5.02 Å². The first-order chi connectivity index (χ1) is 9.39. The molecule has 0 aromatic heterocycles. The lowest BCUT2D eigenvalue weighted by molar-refractivity contribution is 0.242. The lowest BCUT2D eigenvalue weighted by Crippen LogP contribution is -2.34. The second-order valence-corrected chi connectivity index (χ2v) is 5.84. The van der Waals surface area contributed by atoms with Crippen molar-refractivity contribution in [3.8, 4) is 5.75 Å². The molecular formula is C17H20ClNO. The minimum absolute atomic E-state index is 0.168. The topological polar surface area (TPSA) is 35.2 Å². The van der Waals surface area contributed by atoms with Gasteiger partial charge in [0.15, 0.2) is 0 Å². The summed E-state index contributed by atoms with van der Waals surface area (Å²) in [6, 6.07) is 15.6. The second kappa shape index (κ2) is 5.86. The predicted octanol–water partition coefficient (Wildman–Crippen LogP) is 4.35. The zero-order chi connectivity index (χ0) is 14.8. The Balaban J connectivity index is 2.27. The van der Waals surface area contributed by atoms with E-state index in [2.05, 4.69) is 0 Å². The van der Waals surface area contributed by atoms with Gasteiger partial charge in [-0.2, -0.15) is 0 Å². The van der Waals surface area contributed by atoms with Gasteiger partial charge in [-0.1, -0.05) is 35.9 Å². The fourth-order valence-corrected chi connectivity index (χ4v) is 2.24. The number of hydrogen-bond donors (Lipinski definition) is 1. The van der Waals surface area contributed by atoms with Crippen LogP contribution in [0, 0.1) is 0 Å². The SMILES string of the molecule is CC(C)Oc1ccc(C(C)(N)c2ccc(Cl)cc2)cc1. The van der Waals surface area contributed by atoms with Crippen LogP contribution in [0.1, 0.15) is 31.9 Å². The van der Waals surface area contributed by atoms with Crippen molar-refractivity contribution in [3.05, 3.63) is 64.7 Å². The molecule has 2 N–H and O–H groups in total. The third kappa shape index (κ3) is 3.33. The minimum atomic E-state index is -0.555. The van der Waals surface area contributed by atoms with E-state index in [9.17, 15) is 0 Å². The molecule has 2 aromatic carbocycles. The molecule has 0 heterocycles. The van der Waals surface area contributed by atoms with Crippen LogP contribution in [0.2, 0.25) is 5.02 Å². The highest BCUT2D eigenvalue weighted by Gasteiger charge is 2.23. The van der Waals surface area contributed by atoms with Crippen LogP contribution >= 0.6 is 11.6 Å². The van der Waals surface area contributed by atoms with Crippen molar-refractivity contribution in [1.29, 1.82) is 0 Å². The highest BCUT2D eigenvalue weighted by atomic mass is 35.5. The lowest BCUT2D eigenvalue weighted by atomic mass is 9.86. The summed E-state index contributed by atoms with van der Waals surface area (Å²) in [6.07, 6.45) is 0.168. The van der Waals surface area contributed by atoms with E-state index < -0.39 is 5.54 Å². The Morgan fingerprint density at radius 3 is 1.85 bits per heavy atom. The smallest absolute Gasteiger partial charge is 0.119 e. The molecule has 2 nitrogen and oxygen atoms in total. The molecule has 0 radical (unpaired) electrons. The lowest BCUT2D eigenvalue weighted by Gasteiger charge is -2.26. The maximum absolute atomic E-state index is 6.48. The van der Waals surface area contributed by atoms with E-state index in [1.54, 1.807) is 0 Å². The van der Waals surface area contributed by atoms with Gasteiger partial charge in [0.2, 0.25) is 0 Å². The van der Waals surface area contributed by atoms with Gasteiger partial charge in [-0.3, -0.25) is 0 Å². The van der Waals surface area contributed by atoms with Crippen LogP contribution in [0.15, 0.2) is 48.5 Å². The van der Waals surface area contributed by atoms with Crippen molar-refractivity contribution in [2.45, 2.75) is 32.4 Å². The Labute approximate surface area is 125 Å². The molecule has 0 saturated carbocycles. The van der Waals surface area contributed by atoms with E-state index in [0.29, 0.717) is 5.02 Å². The van der Waals surface area contributed by atoms with E-state index in [1.165, 1.54) is 0 Å². The van der Waals surface area contributed by atoms with E-state index in [-0.39, 0.29) is 6.10 Å². The van der Waals surface area contributed by atoms with Crippen LogP contribution in [-0.2, 0) is 5.54 Å². The molecule has 0 spiro atoms. The van der Waals surface area contributed by atoms with Gasteiger partial charge in [0.25, 0.3) is 0 Å². The number of rotatable bonds is 4. The van der Waals surface area contributed by atoms with Gasteiger partial charge >= 0.3 is 0 Å². The Hall–Kier alpha value is -1.51. The molecule has 0 aliphatic rings. The fraction of sp³-hybridized carbons (Fsp3) is 0.294. The molecule has 0 aliphatic carbocycles. The Kier molecular flexibility index (Phi) is 4.36. The Bertz CT molecular complexity index is 559. The molecule has 0 saturated heterocycles. The zero-order valence-electron chi connectivity index (χ0n) is 12.1. The maximum atomic E-state index is 6.48. The molecule has 1 unspecified atom stereocenters. The zero-order valence-corrected chi connectivity index (χ0v) is 12.8. The molecule has 3 heteroatoms. The van der Waals surface area contributed by atoms with E-state index in [1.807, 2.05) is 69.3 Å². The van der Waals surface area contributed by atoms with Crippen LogP contribution in [0.3, 0.4) is 0 Å². The summed E-state index contributed by atoms with van der Waals surface area (Å²) in [6.45, 7) is 6.01. The first-order valence-electron chi connectivity index (χ1n) is 6.71. The van der Waals surface area contributed by atoms with Gasteiger partial charge in [-0.25, -0.2) is 0 Å². The van der Waals surface area contributed by atoms with Crippen LogP contribution in [-0.4, -0.2) is 6.10 Å². The minimum Gasteiger partial charge on any atom is -0.491 e. The molecule has 0 bridgehead atoms. The normalized spacial score (nSPS) is 14.1. The van der Waals surface area contributed by atoms with Gasteiger partial charge in [-0.15, -0.1) is 0 Å². The molecule has 0 amide bonds. The summed E-state index contributed by atoms with van der Waals surface area (Å²) in [5.41, 5.74) is 7.99. The maximum Gasteiger partial charge on any atom is 0.119 e. The monoisotopic (exact) mass is 289 g/mol. The number of halogens is 1. The standard InChI is InChI=1S/C17H20ClNO/c1-12(2)20-16-10-6-14(7-11-16)17(3,19)13-4-8-15(18)9-5-13/h4-12H,19H2,1-3H3. The third-order valence-corrected chi connectivity index (χ3v) is 3.52. The predicted molar refractivity (Wildman–Crippen MR) is 84.3 cm³/mol. The van der Waals surface area contributed by atoms with Crippen LogP contribution in [0.25, 0.3) is 0 Å². The molecule has 20 heavy (non-hydrogen) atoms. The van der Waals surface area contributed by atoms with E-state index >= 15 is 0 Å². The van der Waals surface area contributed by atoms with Crippen LogP contribution in [0.5, 0.6) is 5.75 Å². The van der Waals surface area contributed by atoms with Crippen LogP contribution < -0.4 is 10.5 Å². The Morgan fingerprint density at radius 1 is 0.950 bits per heavy atom. The first-order valence-corrected chi connectivity index (χ1v) is 7.09. The number of ether oxygens (including phenoxy) is 1. The Morgan fingerprint density at radius 2 is 1.40 bits per heavy atom. The third-order valence-electron chi connectivity index (χ3n) is 3.27. The summed E-state index contributed by atoms with van der Waals surface area (Å²) in [5, 5.41) is 0.713. The average Bonchev–Trinajstić information content (AvgIpc) is 2.39. The molecular weight excluding hydrogens is 270 g/mol. The van der Waals surface area contributed by atoms with Crippen molar-refractivity contribution in [2.24, 2.45) is 5.73 Å². The first kappa shape index (κ1) is 14.9. The van der Waals surface area contributed by atoms with Gasteiger partial charge in [0.05, 0.1) is 11.6 Å². The summed E-state index contributed by atoms with van der Waals surface area (Å²) in [7, 11) is 0. The average molecular weight is 290 g/mol. The van der Waals surface area contributed by atoms with Crippen LogP contribution in [0.4, 0.5) is 0 Å². The van der Waals surface area contributed by atoms with Crippen molar-refractivity contribution >= 4 is 11.6 Å². The summed E-state index contributed by atoms with van der Waals surface area (Å²) >= 11 is 5.92.